The van der Waals surface area contributed by atoms with Crippen molar-refractivity contribution >= 4 is 27.8 Å². The van der Waals surface area contributed by atoms with Gasteiger partial charge in [0.1, 0.15) is 11.8 Å². The van der Waals surface area contributed by atoms with E-state index < -0.39 is 76.3 Å². The first kappa shape index (κ1) is 32.5. The number of halogens is 5. The molecule has 42 heavy (non-hydrogen) atoms. The molecule has 0 spiro atoms. The molecule has 3 rings (SSSR count). The Morgan fingerprint density at radius 3 is 2.17 bits per heavy atom. The van der Waals surface area contributed by atoms with Crippen molar-refractivity contribution in [2.75, 3.05) is 19.6 Å². The second-order valence-corrected chi connectivity index (χ2v) is 11.0. The molecule has 0 radical (unpaired) electrons. The third-order valence-corrected chi connectivity index (χ3v) is 8.19. The van der Waals surface area contributed by atoms with Gasteiger partial charge in [-0.3, -0.25) is 9.59 Å². The van der Waals surface area contributed by atoms with E-state index in [1.165, 1.54) is 31.2 Å². The van der Waals surface area contributed by atoms with Gasteiger partial charge in [0.25, 0.3) is 5.92 Å². The Morgan fingerprint density at radius 2 is 1.62 bits per heavy atom. The molecule has 2 aromatic rings. The molecule has 2 N–H and O–H groups in total. The number of carbonyl (C=O) groups excluding carboxylic acids is 2. The maximum atomic E-state index is 13.9. The predicted molar refractivity (Wildman–Crippen MR) is 137 cm³/mol. The zero-order chi connectivity index (χ0) is 31.3. The zero-order valence-electron chi connectivity index (χ0n) is 22.0. The van der Waals surface area contributed by atoms with Gasteiger partial charge in [0.2, 0.25) is 21.8 Å². The molecule has 0 saturated carbocycles. The summed E-state index contributed by atoms with van der Waals surface area (Å²) in [5.74, 6) is -6.77. The number of hydrogen-bond donors (Lipinski definition) is 2. The van der Waals surface area contributed by atoms with Crippen molar-refractivity contribution in [2.45, 2.75) is 43.1 Å². The molecule has 0 bridgehead atoms. The number of nitrogens with zero attached hydrogens (tertiary/aromatic N) is 2. The summed E-state index contributed by atoms with van der Waals surface area (Å²) in [6.07, 6.45) is -4.09. The minimum atomic E-state index is -5.00. The number of piperazine rings is 1. The summed E-state index contributed by atoms with van der Waals surface area (Å²) in [6.45, 7) is 0.0272. The predicted octanol–water partition coefficient (Wildman–Crippen LogP) is 3.25. The molecule has 1 saturated heterocycles. The number of carbonyl (C=O) groups is 3. The molecule has 2 amide bonds. The normalized spacial score (nSPS) is 16.8. The summed E-state index contributed by atoms with van der Waals surface area (Å²) in [7, 11) is -4.50. The molecule has 0 aliphatic carbocycles. The number of benzene rings is 2. The average molecular weight is 620 g/mol. The van der Waals surface area contributed by atoms with Gasteiger partial charge in [-0.05, 0) is 29.8 Å². The number of sulfonamides is 1. The van der Waals surface area contributed by atoms with E-state index in [1.807, 2.05) is 0 Å². The Morgan fingerprint density at radius 1 is 1.00 bits per heavy atom. The van der Waals surface area contributed by atoms with Crippen LogP contribution in [0.3, 0.4) is 0 Å². The van der Waals surface area contributed by atoms with Crippen molar-refractivity contribution in [3.63, 3.8) is 0 Å². The Hall–Kier alpha value is -4.05. The molecule has 0 unspecified atom stereocenters. The van der Waals surface area contributed by atoms with Crippen LogP contribution >= 0.6 is 0 Å². The van der Waals surface area contributed by atoms with E-state index in [1.54, 1.807) is 0 Å². The Bertz CT molecular complexity index is 1430. The first-order valence-electron chi connectivity index (χ1n) is 12.4. The zero-order valence-corrected chi connectivity index (χ0v) is 22.8. The fourth-order valence-corrected chi connectivity index (χ4v) is 5.61. The number of ether oxygens (including phenoxy) is 1. The van der Waals surface area contributed by atoms with Crippen LogP contribution in [0.5, 0.6) is 5.75 Å². The number of rotatable bonds is 10. The maximum absolute atomic E-state index is 13.9. The lowest BCUT2D eigenvalue weighted by atomic mass is 10.0. The highest BCUT2D eigenvalue weighted by molar-refractivity contribution is 7.89. The minimum absolute atomic E-state index is 0.183. The van der Waals surface area contributed by atoms with E-state index in [4.69, 9.17) is 5.11 Å². The van der Waals surface area contributed by atoms with E-state index in [-0.39, 0.29) is 18.7 Å². The van der Waals surface area contributed by atoms with Gasteiger partial charge in [-0.2, -0.15) is 4.31 Å². The smallest absolute Gasteiger partial charge is 0.478 e. The monoisotopic (exact) mass is 619 g/mol. The minimum Gasteiger partial charge on any atom is -0.478 e. The van der Waals surface area contributed by atoms with E-state index >= 15 is 0 Å². The Kier molecular flexibility index (Phi) is 9.94. The molecule has 2 aromatic carbocycles. The molecular weight excluding hydrogens is 593 g/mol. The first-order chi connectivity index (χ1) is 19.5. The third kappa shape index (κ3) is 8.25. The molecular formula is C26H26F5N3O7S. The van der Waals surface area contributed by atoms with Crippen molar-refractivity contribution in [1.82, 2.24) is 14.5 Å². The van der Waals surface area contributed by atoms with Crippen molar-refractivity contribution < 1.29 is 54.6 Å². The summed E-state index contributed by atoms with van der Waals surface area (Å²) in [5.41, 5.74) is 0.196. The lowest BCUT2D eigenvalue weighted by Crippen LogP contribution is -2.61. The van der Waals surface area contributed by atoms with Crippen molar-refractivity contribution in [3.05, 3.63) is 71.8 Å². The molecule has 0 aromatic heterocycles. The lowest BCUT2D eigenvalue weighted by molar-refractivity contribution is -0.274. The van der Waals surface area contributed by atoms with Crippen LogP contribution < -0.4 is 10.1 Å². The molecule has 1 atom stereocenters. The van der Waals surface area contributed by atoms with Gasteiger partial charge in [-0.25, -0.2) is 22.0 Å². The summed E-state index contributed by atoms with van der Waals surface area (Å²) in [4.78, 5) is 37.1. The van der Waals surface area contributed by atoms with Gasteiger partial charge in [-0.1, -0.05) is 31.2 Å². The van der Waals surface area contributed by atoms with Gasteiger partial charge >= 0.3 is 12.3 Å². The summed E-state index contributed by atoms with van der Waals surface area (Å²) >= 11 is 0. The largest absolute Gasteiger partial charge is 0.573 e. The number of carboxylic acid groups (broad SMARTS) is 1. The second-order valence-electron chi connectivity index (χ2n) is 9.08. The first-order valence-corrected chi connectivity index (χ1v) is 13.8. The van der Waals surface area contributed by atoms with Crippen LogP contribution in [0.4, 0.5) is 22.0 Å². The van der Waals surface area contributed by atoms with Crippen LogP contribution in [-0.2, 0) is 36.9 Å². The van der Waals surface area contributed by atoms with Crippen molar-refractivity contribution in [3.8, 4) is 5.75 Å². The van der Waals surface area contributed by atoms with Gasteiger partial charge in [0, 0.05) is 50.3 Å². The number of aliphatic carboxylic acids is 1. The van der Waals surface area contributed by atoms with E-state index in [0.717, 1.165) is 39.5 Å². The second kappa shape index (κ2) is 12.9. The van der Waals surface area contributed by atoms with Gasteiger partial charge < -0.3 is 20.1 Å². The fourth-order valence-electron chi connectivity index (χ4n) is 4.04. The average Bonchev–Trinajstić information content (AvgIpc) is 2.93. The SMILES string of the molecule is CCC(F)(F)c1ccc(CNC(=O)[C@H]2CN(C(=O)C=CC(=O)O)CCN2S(=O)(=O)c2ccc(OC(F)(F)F)cc2)cc1. The Balaban J connectivity index is 1.84. The quantitative estimate of drug-likeness (QED) is 0.308. The molecule has 16 heteroatoms. The topological polar surface area (TPSA) is 133 Å². The van der Waals surface area contributed by atoms with E-state index in [9.17, 15) is 44.8 Å². The van der Waals surface area contributed by atoms with E-state index in [0.29, 0.717) is 11.6 Å². The number of amides is 2. The summed E-state index contributed by atoms with van der Waals surface area (Å²) in [6, 6.07) is 6.92. The lowest BCUT2D eigenvalue weighted by Gasteiger charge is -2.39. The van der Waals surface area contributed by atoms with Crippen molar-refractivity contribution in [2.24, 2.45) is 0 Å². The van der Waals surface area contributed by atoms with Gasteiger partial charge in [-0.15, -0.1) is 13.2 Å². The summed E-state index contributed by atoms with van der Waals surface area (Å²) < 4.78 is 96.7. The maximum Gasteiger partial charge on any atom is 0.573 e. The van der Waals surface area contributed by atoms with Crippen LogP contribution in [0.1, 0.15) is 24.5 Å². The highest BCUT2D eigenvalue weighted by Gasteiger charge is 2.41. The number of nitrogens with one attached hydrogen (secondary N) is 1. The van der Waals surface area contributed by atoms with E-state index in [2.05, 4.69) is 10.1 Å². The molecule has 1 aliphatic heterocycles. The van der Waals surface area contributed by atoms with Crippen LogP contribution in [0.15, 0.2) is 65.6 Å². The highest BCUT2D eigenvalue weighted by Crippen LogP contribution is 2.31. The molecule has 10 nitrogen and oxygen atoms in total. The standard InChI is InChI=1S/C26H26F5N3O7S/c1-2-25(27,28)18-5-3-17(4-6-18)15-32-24(38)21-16-33(22(35)11-12-23(36)37)13-14-34(21)42(39,40)20-9-7-19(8-10-20)41-26(29,30)31/h3-12,21H,2,13-16H2,1H3,(H,32,38)(H,36,37)/t21-/m1/s1. The van der Waals surface area contributed by atoms with Crippen LogP contribution in [0, 0.1) is 0 Å². The summed E-state index contributed by atoms with van der Waals surface area (Å²) in [5, 5.41) is 11.3. The molecule has 228 valence electrons. The van der Waals surface area contributed by atoms with Crippen LogP contribution in [0.25, 0.3) is 0 Å². The molecule has 1 aliphatic rings. The molecule has 1 heterocycles. The Labute approximate surface area is 237 Å². The van der Waals surface area contributed by atoms with Crippen LogP contribution in [0.2, 0.25) is 0 Å². The van der Waals surface area contributed by atoms with Gasteiger partial charge in [0.05, 0.1) is 4.90 Å². The third-order valence-electron chi connectivity index (χ3n) is 6.27. The fraction of sp³-hybridized carbons (Fsp3) is 0.346. The number of alkyl halides is 5. The highest BCUT2D eigenvalue weighted by atomic mass is 32.2. The number of carboxylic acids is 1. The van der Waals surface area contributed by atoms with Crippen LogP contribution in [-0.4, -0.2) is 72.6 Å². The van der Waals surface area contributed by atoms with Crippen molar-refractivity contribution in [1.29, 1.82) is 0 Å². The molecule has 1 fully saturated rings. The number of hydrogen-bond acceptors (Lipinski definition) is 6. The van der Waals surface area contributed by atoms with Gasteiger partial charge in [0.15, 0.2) is 0 Å².